The van der Waals surface area contributed by atoms with Crippen molar-refractivity contribution in [2.75, 3.05) is 16.4 Å². The monoisotopic (exact) mass is 546 g/mol. The molecule has 4 N–H and O–H groups in total. The van der Waals surface area contributed by atoms with E-state index in [1.54, 1.807) is 42.1 Å². The van der Waals surface area contributed by atoms with Gasteiger partial charge >= 0.3 is 0 Å². The zero-order valence-electron chi connectivity index (χ0n) is 23.0. The number of hydrogen-bond donors (Lipinski definition) is 3. The molecule has 0 radical (unpaired) electrons. The number of carbonyl (C=O) groups is 1. The fourth-order valence-electron chi connectivity index (χ4n) is 4.68. The van der Waals surface area contributed by atoms with Crippen LogP contribution in [0.1, 0.15) is 42.0 Å². The van der Waals surface area contributed by atoms with Gasteiger partial charge in [0, 0.05) is 29.7 Å². The van der Waals surface area contributed by atoms with E-state index in [-0.39, 0.29) is 17.4 Å². The van der Waals surface area contributed by atoms with Crippen LogP contribution in [0, 0.1) is 13.8 Å². The Labute approximate surface area is 237 Å². The van der Waals surface area contributed by atoms with Gasteiger partial charge in [0.2, 0.25) is 11.9 Å². The van der Waals surface area contributed by atoms with Crippen LogP contribution in [0.3, 0.4) is 0 Å². The van der Waals surface area contributed by atoms with Crippen LogP contribution in [0.4, 0.5) is 17.5 Å². The molecular formula is C31H30N8O2. The average Bonchev–Trinajstić information content (AvgIpc) is 2.96. The van der Waals surface area contributed by atoms with Gasteiger partial charge in [-0.2, -0.15) is 4.98 Å². The van der Waals surface area contributed by atoms with Gasteiger partial charge in [0.1, 0.15) is 11.6 Å². The number of carbonyl (C=O) groups excluding carboxylic acids is 1. The maximum absolute atomic E-state index is 13.9. The minimum Gasteiger partial charge on any atom is -0.368 e. The van der Waals surface area contributed by atoms with Crippen LogP contribution in [0.5, 0.6) is 0 Å². The fourth-order valence-corrected chi connectivity index (χ4v) is 4.68. The number of nitrogens with two attached hydrogens (primary N) is 1. The number of nitrogen functional groups attached to an aromatic ring is 1. The lowest BCUT2D eigenvalue weighted by atomic mass is 10.1. The van der Waals surface area contributed by atoms with Crippen LogP contribution in [-0.2, 0) is 4.79 Å². The third-order valence-electron chi connectivity index (χ3n) is 6.68. The molecule has 10 heteroatoms. The number of anilines is 3. The summed E-state index contributed by atoms with van der Waals surface area (Å²) in [6.07, 6.45) is 6.82. The van der Waals surface area contributed by atoms with Crippen molar-refractivity contribution in [2.24, 2.45) is 0 Å². The van der Waals surface area contributed by atoms with Gasteiger partial charge in [-0.1, -0.05) is 37.3 Å². The van der Waals surface area contributed by atoms with Crippen molar-refractivity contribution in [3.8, 4) is 5.69 Å². The van der Waals surface area contributed by atoms with Gasteiger partial charge in [-0.05, 0) is 62.2 Å². The van der Waals surface area contributed by atoms with Crippen LogP contribution in [-0.4, -0.2) is 30.4 Å². The number of nitrogens with zero attached hydrogens (tertiary/aromatic N) is 5. The molecule has 3 heterocycles. The Bertz CT molecular complexity index is 1800. The summed E-state index contributed by atoms with van der Waals surface area (Å²) in [4.78, 5) is 44.2. The lowest BCUT2D eigenvalue weighted by Gasteiger charge is -2.23. The number of para-hydroxylation sites is 1. The van der Waals surface area contributed by atoms with Gasteiger partial charge < -0.3 is 16.4 Å². The number of benzene rings is 2. The van der Waals surface area contributed by atoms with E-state index >= 15 is 0 Å². The Morgan fingerprint density at radius 2 is 1.76 bits per heavy atom. The van der Waals surface area contributed by atoms with Gasteiger partial charge in [-0.25, -0.2) is 9.97 Å². The summed E-state index contributed by atoms with van der Waals surface area (Å²) < 4.78 is 1.64. The molecule has 1 atom stereocenters. The first-order chi connectivity index (χ1) is 19.9. The standard InChI is InChI=1S/C31H30N8O2/c1-4-24(29-37-25-12-8-9-19(2)27(25)30(41)39(29)22-10-6-5-7-11-22)36-28-23(20(3)34-31(32)38-28)13-14-26(40)35-21-15-17-33-18-16-21/h5-18,24H,4H2,1-3H3,(H,33,35,40)(H3,32,34,36,38). The number of fused-ring (bicyclic) bond motifs is 1. The fraction of sp³-hybridized carbons (Fsp3) is 0.161. The van der Waals surface area contributed by atoms with Crippen molar-refractivity contribution in [3.05, 3.63) is 112 Å². The van der Waals surface area contributed by atoms with Gasteiger partial charge in [0.25, 0.3) is 5.56 Å². The minimum absolute atomic E-state index is 0.0841. The molecular weight excluding hydrogens is 516 g/mol. The molecule has 0 saturated carbocycles. The first-order valence-electron chi connectivity index (χ1n) is 13.2. The predicted molar refractivity (Wildman–Crippen MR) is 162 cm³/mol. The molecule has 5 aromatic rings. The smallest absolute Gasteiger partial charge is 0.266 e. The molecule has 206 valence electrons. The van der Waals surface area contributed by atoms with Gasteiger partial charge in [-0.3, -0.25) is 19.1 Å². The second kappa shape index (κ2) is 11.8. The highest BCUT2D eigenvalue weighted by Gasteiger charge is 2.23. The van der Waals surface area contributed by atoms with Crippen LogP contribution in [0.25, 0.3) is 22.7 Å². The van der Waals surface area contributed by atoms with Crippen LogP contribution in [0.2, 0.25) is 0 Å². The molecule has 1 unspecified atom stereocenters. The van der Waals surface area contributed by atoms with E-state index in [1.165, 1.54) is 6.08 Å². The van der Waals surface area contributed by atoms with Crippen LogP contribution < -0.4 is 21.9 Å². The van der Waals surface area contributed by atoms with Crippen molar-refractivity contribution in [2.45, 2.75) is 33.2 Å². The van der Waals surface area contributed by atoms with Crippen molar-refractivity contribution < 1.29 is 4.79 Å². The first kappa shape index (κ1) is 27.2. The number of aromatic nitrogens is 5. The Morgan fingerprint density at radius 1 is 1.00 bits per heavy atom. The van der Waals surface area contributed by atoms with Gasteiger partial charge in [0.15, 0.2) is 0 Å². The lowest BCUT2D eigenvalue weighted by Crippen LogP contribution is -2.29. The van der Waals surface area contributed by atoms with E-state index in [1.807, 2.05) is 62.4 Å². The molecule has 0 aliphatic rings. The minimum atomic E-state index is -0.431. The molecule has 41 heavy (non-hydrogen) atoms. The highest BCUT2D eigenvalue weighted by molar-refractivity contribution is 6.02. The Morgan fingerprint density at radius 3 is 2.49 bits per heavy atom. The molecule has 2 aromatic carbocycles. The largest absolute Gasteiger partial charge is 0.368 e. The summed E-state index contributed by atoms with van der Waals surface area (Å²) in [5, 5.41) is 6.81. The molecule has 5 rings (SSSR count). The highest BCUT2D eigenvalue weighted by Crippen LogP contribution is 2.28. The molecule has 0 saturated heterocycles. The number of pyridine rings is 1. The third-order valence-corrected chi connectivity index (χ3v) is 6.68. The normalized spacial score (nSPS) is 12.0. The zero-order chi connectivity index (χ0) is 28.9. The van der Waals surface area contributed by atoms with E-state index < -0.39 is 6.04 Å². The van der Waals surface area contributed by atoms with Crippen LogP contribution >= 0.6 is 0 Å². The van der Waals surface area contributed by atoms with Crippen LogP contribution in [0.15, 0.2) is 83.9 Å². The molecule has 0 aliphatic carbocycles. The van der Waals surface area contributed by atoms with Crippen molar-refractivity contribution >= 4 is 40.3 Å². The average molecular weight is 547 g/mol. The predicted octanol–water partition coefficient (Wildman–Crippen LogP) is 4.98. The van der Waals surface area contributed by atoms with E-state index in [0.717, 1.165) is 5.56 Å². The topological polar surface area (TPSA) is 141 Å². The second-order valence-electron chi connectivity index (χ2n) is 9.51. The van der Waals surface area contributed by atoms with E-state index in [4.69, 9.17) is 10.7 Å². The summed E-state index contributed by atoms with van der Waals surface area (Å²) in [6.45, 7) is 5.70. The zero-order valence-corrected chi connectivity index (χ0v) is 23.0. The Balaban J connectivity index is 1.58. The Hall–Kier alpha value is -5.38. The first-order valence-corrected chi connectivity index (χ1v) is 13.2. The molecule has 3 aromatic heterocycles. The van der Waals surface area contributed by atoms with Crippen molar-refractivity contribution in [1.82, 2.24) is 24.5 Å². The maximum atomic E-state index is 13.9. The number of amides is 1. The summed E-state index contributed by atoms with van der Waals surface area (Å²) >= 11 is 0. The van der Waals surface area contributed by atoms with E-state index in [0.29, 0.717) is 51.6 Å². The number of hydrogen-bond acceptors (Lipinski definition) is 8. The van der Waals surface area contributed by atoms with Gasteiger partial charge in [-0.15, -0.1) is 0 Å². The molecule has 0 aliphatic heterocycles. The highest BCUT2D eigenvalue weighted by atomic mass is 16.1. The molecule has 0 fully saturated rings. The third kappa shape index (κ3) is 5.81. The Kier molecular flexibility index (Phi) is 7.82. The van der Waals surface area contributed by atoms with Crippen molar-refractivity contribution in [3.63, 3.8) is 0 Å². The molecule has 0 bridgehead atoms. The quantitative estimate of drug-likeness (QED) is 0.231. The molecule has 10 nitrogen and oxygen atoms in total. The molecule has 0 spiro atoms. The number of aryl methyl sites for hydroxylation is 2. The number of nitrogens with one attached hydrogen (secondary N) is 2. The summed E-state index contributed by atoms with van der Waals surface area (Å²) in [5.41, 5.74) is 9.86. The summed E-state index contributed by atoms with van der Waals surface area (Å²) in [6, 6.07) is 18.1. The lowest BCUT2D eigenvalue weighted by molar-refractivity contribution is -0.111. The SMILES string of the molecule is CCC(Nc1nc(N)nc(C)c1C=CC(=O)Nc1ccncc1)c1nc2cccc(C)c2c(=O)n1-c1ccccc1. The van der Waals surface area contributed by atoms with E-state index in [2.05, 4.69) is 25.6 Å². The summed E-state index contributed by atoms with van der Waals surface area (Å²) in [7, 11) is 0. The molecule has 1 amide bonds. The van der Waals surface area contributed by atoms with Crippen molar-refractivity contribution in [1.29, 1.82) is 0 Å². The van der Waals surface area contributed by atoms with Gasteiger partial charge in [0.05, 0.1) is 28.3 Å². The number of rotatable bonds is 8. The van der Waals surface area contributed by atoms with E-state index in [9.17, 15) is 9.59 Å². The summed E-state index contributed by atoms with van der Waals surface area (Å²) in [5.74, 6) is 0.714. The second-order valence-corrected chi connectivity index (χ2v) is 9.51. The maximum Gasteiger partial charge on any atom is 0.266 e.